The molecule has 9 nitrogen and oxygen atoms in total. The number of hydrogen-bond acceptors (Lipinski definition) is 5. The van der Waals surface area contributed by atoms with E-state index in [1.54, 1.807) is 17.0 Å². The Morgan fingerprint density at radius 2 is 1.97 bits per heavy atom. The van der Waals surface area contributed by atoms with Crippen LogP contribution in [0.5, 0.6) is 5.88 Å². The van der Waals surface area contributed by atoms with Gasteiger partial charge in [0.15, 0.2) is 11.7 Å². The number of fused-ring (bicyclic) bond motifs is 1. The molecule has 0 atom stereocenters. The van der Waals surface area contributed by atoms with E-state index in [0.29, 0.717) is 30.0 Å². The number of carbonyl (C=O) groups is 1. The predicted molar refractivity (Wildman–Crippen MR) is 140 cm³/mol. The molecule has 4 N–H and O–H groups in total. The number of hydrogen-bond donors (Lipinski definition) is 4. The van der Waals surface area contributed by atoms with Crippen molar-refractivity contribution < 1.29 is 9.90 Å². The number of nitrogens with one attached hydrogen (secondary N) is 3. The lowest BCUT2D eigenvalue weighted by atomic mass is 10.0. The molecule has 2 aromatic carbocycles. The molecule has 3 heterocycles. The number of rotatable bonds is 7. The average molecular weight is 482 g/mol. The molecule has 5 rings (SSSR count). The van der Waals surface area contributed by atoms with Crippen LogP contribution in [0.2, 0.25) is 0 Å². The van der Waals surface area contributed by atoms with Gasteiger partial charge in [-0.3, -0.25) is 14.6 Å². The summed E-state index contributed by atoms with van der Waals surface area (Å²) in [5.41, 5.74) is 6.53. The number of aromatic nitrogens is 5. The number of aliphatic imine (C=N–C) groups is 1. The van der Waals surface area contributed by atoms with E-state index >= 15 is 0 Å². The largest absolute Gasteiger partial charge is 0.494 e. The number of amides is 1. The minimum Gasteiger partial charge on any atom is -0.494 e. The number of nitrogens with zero attached hydrogens (tertiary/aromatic N) is 4. The average Bonchev–Trinajstić information content (AvgIpc) is 3.53. The highest BCUT2D eigenvalue weighted by molar-refractivity contribution is 6.03. The summed E-state index contributed by atoms with van der Waals surface area (Å²) < 4.78 is 1.70. The second-order valence-corrected chi connectivity index (χ2v) is 8.75. The zero-order valence-corrected chi connectivity index (χ0v) is 20.3. The highest BCUT2D eigenvalue weighted by Gasteiger charge is 2.14. The second-order valence-electron chi connectivity index (χ2n) is 8.75. The topological polar surface area (TPSA) is 124 Å². The summed E-state index contributed by atoms with van der Waals surface area (Å²) >= 11 is 0. The van der Waals surface area contributed by atoms with Gasteiger partial charge in [0.2, 0.25) is 0 Å². The maximum atomic E-state index is 12.8. The molecule has 0 radical (unpaired) electrons. The van der Waals surface area contributed by atoms with E-state index in [2.05, 4.69) is 30.6 Å². The van der Waals surface area contributed by atoms with Gasteiger partial charge in [0.05, 0.1) is 11.3 Å². The number of aromatic amines is 2. The van der Waals surface area contributed by atoms with Gasteiger partial charge in [-0.25, -0.2) is 4.99 Å². The van der Waals surface area contributed by atoms with Crippen LogP contribution < -0.4 is 5.32 Å². The number of aromatic hydroxyl groups is 1. The Morgan fingerprint density at radius 3 is 2.75 bits per heavy atom. The number of aryl methyl sites for hydroxylation is 3. The first-order valence-electron chi connectivity index (χ1n) is 11.7. The third kappa shape index (κ3) is 4.76. The first-order valence-corrected chi connectivity index (χ1v) is 11.7. The van der Waals surface area contributed by atoms with Crippen molar-refractivity contribution in [1.82, 2.24) is 25.0 Å². The minimum absolute atomic E-state index is 0.0597. The molecule has 0 saturated heterocycles. The molecule has 3 aromatic heterocycles. The van der Waals surface area contributed by atoms with Gasteiger partial charge in [-0.2, -0.15) is 10.2 Å². The van der Waals surface area contributed by atoms with Gasteiger partial charge in [0, 0.05) is 41.1 Å². The molecular weight excluding hydrogens is 454 g/mol. The number of benzene rings is 2. The first-order chi connectivity index (χ1) is 17.4. The van der Waals surface area contributed by atoms with Crippen LogP contribution in [-0.2, 0) is 13.0 Å². The Bertz CT molecular complexity index is 1590. The predicted octanol–water partition coefficient (Wildman–Crippen LogP) is 5.02. The van der Waals surface area contributed by atoms with Crippen LogP contribution in [0, 0.1) is 13.8 Å². The monoisotopic (exact) mass is 481 g/mol. The highest BCUT2D eigenvalue weighted by atomic mass is 16.3. The van der Waals surface area contributed by atoms with Crippen molar-refractivity contribution >= 4 is 34.5 Å². The molecule has 182 valence electrons. The van der Waals surface area contributed by atoms with E-state index in [9.17, 15) is 9.90 Å². The summed E-state index contributed by atoms with van der Waals surface area (Å²) in [6.45, 7) is 6.37. The summed E-state index contributed by atoms with van der Waals surface area (Å²) in [5, 5.41) is 25.6. The molecule has 0 aliphatic heterocycles. The zero-order chi connectivity index (χ0) is 25.2. The Balaban J connectivity index is 1.36. The van der Waals surface area contributed by atoms with Crippen molar-refractivity contribution in [3.63, 3.8) is 0 Å². The Morgan fingerprint density at radius 1 is 1.14 bits per heavy atom. The van der Waals surface area contributed by atoms with Crippen molar-refractivity contribution in [1.29, 1.82) is 0 Å². The van der Waals surface area contributed by atoms with E-state index < -0.39 is 0 Å². The third-order valence-corrected chi connectivity index (χ3v) is 5.93. The van der Waals surface area contributed by atoms with Gasteiger partial charge in [-0.15, -0.1) is 0 Å². The van der Waals surface area contributed by atoms with Crippen LogP contribution in [-0.4, -0.2) is 42.2 Å². The molecule has 9 heteroatoms. The summed E-state index contributed by atoms with van der Waals surface area (Å²) in [5.74, 6) is 0.424. The van der Waals surface area contributed by atoms with Crippen LogP contribution in [0.25, 0.3) is 10.9 Å². The molecular formula is C27H27N7O2. The molecule has 0 unspecified atom stereocenters. The molecule has 0 aliphatic carbocycles. The van der Waals surface area contributed by atoms with Crippen molar-refractivity contribution in [3.05, 3.63) is 88.4 Å². The summed E-state index contributed by atoms with van der Waals surface area (Å²) in [6, 6.07) is 17.4. The zero-order valence-electron chi connectivity index (χ0n) is 20.3. The van der Waals surface area contributed by atoms with Crippen molar-refractivity contribution in [2.24, 2.45) is 4.99 Å². The van der Waals surface area contributed by atoms with Crippen molar-refractivity contribution in [2.45, 2.75) is 33.7 Å². The lowest BCUT2D eigenvalue weighted by Gasteiger charge is -2.09. The number of anilines is 1. The lowest BCUT2D eigenvalue weighted by molar-refractivity contribution is 0.101. The van der Waals surface area contributed by atoms with Crippen LogP contribution >= 0.6 is 0 Å². The Kier molecular flexibility index (Phi) is 6.12. The molecule has 36 heavy (non-hydrogen) atoms. The summed E-state index contributed by atoms with van der Waals surface area (Å²) in [6.07, 6.45) is 2.28. The van der Waals surface area contributed by atoms with Gasteiger partial charge in [0.1, 0.15) is 5.69 Å². The lowest BCUT2D eigenvalue weighted by Crippen LogP contribution is -2.17. The third-order valence-electron chi connectivity index (χ3n) is 5.93. The fraction of sp³-hybridized carbons (Fsp3) is 0.185. The smallest absolute Gasteiger partial charge is 0.273 e. The molecule has 1 amide bonds. The SMILES string of the molecule is CCn1nc(C)cc1C(=O)Nc1cccc(Cc2ccc3[nH]c(O)c(C=Nc4cc(C)[nH]n4)c3c2)c1. The number of carbonyl (C=O) groups excluding carboxylic acids is 1. The van der Waals surface area contributed by atoms with Gasteiger partial charge in [0.25, 0.3) is 5.91 Å². The fourth-order valence-corrected chi connectivity index (χ4v) is 4.25. The normalized spacial score (nSPS) is 11.5. The van der Waals surface area contributed by atoms with Gasteiger partial charge in [-0.1, -0.05) is 18.2 Å². The molecule has 0 spiro atoms. The van der Waals surface area contributed by atoms with Crippen LogP contribution in [0.15, 0.2) is 59.6 Å². The van der Waals surface area contributed by atoms with Gasteiger partial charge >= 0.3 is 0 Å². The summed E-state index contributed by atoms with van der Waals surface area (Å²) in [4.78, 5) is 20.2. The quantitative estimate of drug-likeness (QED) is 0.244. The molecule has 0 fully saturated rings. The Labute approximate surface area is 207 Å². The van der Waals surface area contributed by atoms with E-state index in [1.165, 1.54) is 0 Å². The van der Waals surface area contributed by atoms with Gasteiger partial charge in [-0.05, 0) is 68.7 Å². The Hall–Kier alpha value is -4.66. The second kappa shape index (κ2) is 9.53. The maximum absolute atomic E-state index is 12.8. The minimum atomic E-state index is -0.185. The van der Waals surface area contributed by atoms with Crippen molar-refractivity contribution in [2.75, 3.05) is 5.32 Å². The maximum Gasteiger partial charge on any atom is 0.273 e. The van der Waals surface area contributed by atoms with Crippen LogP contribution in [0.4, 0.5) is 11.5 Å². The van der Waals surface area contributed by atoms with Crippen LogP contribution in [0.3, 0.4) is 0 Å². The molecule has 0 bridgehead atoms. The summed E-state index contributed by atoms with van der Waals surface area (Å²) in [7, 11) is 0. The molecule has 0 aliphatic rings. The van der Waals surface area contributed by atoms with E-state index in [0.717, 1.165) is 39.1 Å². The van der Waals surface area contributed by atoms with Gasteiger partial charge < -0.3 is 15.4 Å². The highest BCUT2D eigenvalue weighted by Crippen LogP contribution is 2.28. The van der Waals surface area contributed by atoms with E-state index in [1.807, 2.05) is 69.3 Å². The standard InChI is InChI=1S/C27H27N7O2/c1-4-34-24(10-17(3)33-34)27(36)29-20-7-5-6-18(13-20)12-19-8-9-23-21(14-19)22(26(35)30-23)15-28-25-11-16(2)31-32-25/h5-11,13-15,30,35H,4,12H2,1-3H3,(H,29,36)(H,31,32). The first kappa shape index (κ1) is 23.1. The van der Waals surface area contributed by atoms with E-state index in [-0.39, 0.29) is 11.8 Å². The van der Waals surface area contributed by atoms with Crippen molar-refractivity contribution in [3.8, 4) is 5.88 Å². The fourth-order valence-electron chi connectivity index (χ4n) is 4.25. The molecule has 0 saturated carbocycles. The van der Waals surface area contributed by atoms with E-state index in [4.69, 9.17) is 0 Å². The number of H-pyrrole nitrogens is 2. The van der Waals surface area contributed by atoms with Crippen LogP contribution in [0.1, 0.15) is 45.5 Å². The molecule has 5 aromatic rings.